The van der Waals surface area contributed by atoms with Crippen LogP contribution < -0.4 is 0 Å². The molecule has 6 nitrogen and oxygen atoms in total. The standard InChI is InChI=1S/C19H22N6/c1-13-10-18(25-19(23-13)21-12-22-25)16-6-5-9-24(11-16)15(3)17-7-4-8-20-14(17)2/h4,7-8,10,12,16H,3,5-6,9,11H2,1-2H3. The van der Waals surface area contributed by atoms with Crippen LogP contribution in [0.3, 0.4) is 0 Å². The molecule has 128 valence electrons. The van der Waals surface area contributed by atoms with Crippen LogP contribution in [0.15, 0.2) is 37.3 Å². The van der Waals surface area contributed by atoms with Crippen LogP contribution in [0.4, 0.5) is 0 Å². The molecular weight excluding hydrogens is 312 g/mol. The first-order valence-corrected chi connectivity index (χ1v) is 8.66. The van der Waals surface area contributed by atoms with Crippen LogP contribution in [0.1, 0.15) is 41.4 Å². The fourth-order valence-electron chi connectivity index (χ4n) is 3.67. The number of hydrogen-bond acceptors (Lipinski definition) is 5. The predicted octanol–water partition coefficient (Wildman–Crippen LogP) is 2.99. The van der Waals surface area contributed by atoms with E-state index in [1.165, 1.54) is 5.69 Å². The van der Waals surface area contributed by atoms with Crippen LogP contribution in [0.25, 0.3) is 11.5 Å². The Kier molecular flexibility index (Phi) is 3.95. The van der Waals surface area contributed by atoms with E-state index in [9.17, 15) is 0 Å². The van der Waals surface area contributed by atoms with Gasteiger partial charge in [0.2, 0.25) is 0 Å². The number of fused-ring (bicyclic) bond motifs is 1. The highest BCUT2D eigenvalue weighted by Crippen LogP contribution is 2.31. The highest BCUT2D eigenvalue weighted by Gasteiger charge is 2.26. The first kappa shape index (κ1) is 15.7. The Balaban J connectivity index is 1.64. The molecule has 0 aliphatic carbocycles. The Labute approximate surface area is 147 Å². The van der Waals surface area contributed by atoms with Crippen molar-refractivity contribution in [3.05, 3.63) is 59.9 Å². The first-order chi connectivity index (χ1) is 12.1. The van der Waals surface area contributed by atoms with Crippen LogP contribution in [-0.4, -0.2) is 42.6 Å². The Morgan fingerprint density at radius 1 is 1.28 bits per heavy atom. The second-order valence-corrected chi connectivity index (χ2v) is 6.66. The summed E-state index contributed by atoms with van der Waals surface area (Å²) in [5.41, 5.74) is 5.36. The van der Waals surface area contributed by atoms with Crippen molar-refractivity contribution in [1.82, 2.24) is 29.5 Å². The molecule has 1 aliphatic heterocycles. The summed E-state index contributed by atoms with van der Waals surface area (Å²) < 4.78 is 1.87. The van der Waals surface area contributed by atoms with Gasteiger partial charge in [0.05, 0.1) is 5.69 Å². The molecular formula is C19H22N6. The second-order valence-electron chi connectivity index (χ2n) is 6.66. The molecule has 1 aliphatic rings. The molecule has 3 aromatic rings. The van der Waals surface area contributed by atoms with Crippen LogP contribution in [0.5, 0.6) is 0 Å². The third-order valence-electron chi connectivity index (χ3n) is 4.95. The SMILES string of the molecule is C=C(c1cccnc1C)N1CCCC(c2cc(C)nc3ncnn23)C1. The lowest BCUT2D eigenvalue weighted by Gasteiger charge is -2.36. The fraction of sp³-hybridized carbons (Fsp3) is 0.368. The Bertz CT molecular complexity index is 929. The molecule has 1 atom stereocenters. The average molecular weight is 334 g/mol. The zero-order chi connectivity index (χ0) is 17.4. The van der Waals surface area contributed by atoms with Gasteiger partial charge in [-0.1, -0.05) is 6.58 Å². The minimum absolute atomic E-state index is 0.383. The average Bonchev–Trinajstić information content (AvgIpc) is 3.09. The maximum Gasteiger partial charge on any atom is 0.252 e. The lowest BCUT2D eigenvalue weighted by molar-refractivity contribution is 0.289. The van der Waals surface area contributed by atoms with E-state index in [0.717, 1.165) is 48.6 Å². The molecule has 3 aromatic heterocycles. The number of pyridine rings is 1. The molecule has 4 rings (SSSR count). The summed E-state index contributed by atoms with van der Waals surface area (Å²) in [5, 5.41) is 4.37. The molecule has 1 saturated heterocycles. The summed E-state index contributed by atoms with van der Waals surface area (Å²) >= 11 is 0. The highest BCUT2D eigenvalue weighted by molar-refractivity contribution is 5.63. The van der Waals surface area contributed by atoms with Gasteiger partial charge in [0.15, 0.2) is 0 Å². The fourth-order valence-corrected chi connectivity index (χ4v) is 3.67. The van der Waals surface area contributed by atoms with Crippen molar-refractivity contribution in [2.45, 2.75) is 32.6 Å². The number of aromatic nitrogens is 5. The van der Waals surface area contributed by atoms with E-state index in [-0.39, 0.29) is 0 Å². The van der Waals surface area contributed by atoms with E-state index in [0.29, 0.717) is 11.7 Å². The maximum absolute atomic E-state index is 4.45. The van der Waals surface area contributed by atoms with Gasteiger partial charge in [0.1, 0.15) is 6.33 Å². The number of rotatable bonds is 3. The van der Waals surface area contributed by atoms with Gasteiger partial charge >= 0.3 is 0 Å². The smallest absolute Gasteiger partial charge is 0.252 e. The van der Waals surface area contributed by atoms with Crippen LogP contribution in [0, 0.1) is 13.8 Å². The normalized spacial score (nSPS) is 17.8. The van der Waals surface area contributed by atoms with E-state index in [2.05, 4.69) is 43.7 Å². The number of likely N-dealkylation sites (tertiary alicyclic amines) is 1. The minimum atomic E-state index is 0.383. The monoisotopic (exact) mass is 334 g/mol. The van der Waals surface area contributed by atoms with Crippen LogP contribution in [0.2, 0.25) is 0 Å². The summed E-state index contributed by atoms with van der Waals surface area (Å²) in [6.45, 7) is 10.3. The van der Waals surface area contributed by atoms with Gasteiger partial charge in [-0.15, -0.1) is 0 Å². The quantitative estimate of drug-likeness (QED) is 0.737. The summed E-state index contributed by atoms with van der Waals surface area (Å²) in [5.74, 6) is 1.06. The van der Waals surface area contributed by atoms with Crippen molar-refractivity contribution >= 4 is 11.5 Å². The summed E-state index contributed by atoms with van der Waals surface area (Å²) in [4.78, 5) is 15.5. The summed E-state index contributed by atoms with van der Waals surface area (Å²) in [6.07, 6.45) is 5.66. The summed E-state index contributed by atoms with van der Waals surface area (Å²) in [6, 6.07) is 6.20. The molecule has 1 unspecified atom stereocenters. The van der Waals surface area contributed by atoms with Gasteiger partial charge in [-0.05, 0) is 44.9 Å². The van der Waals surface area contributed by atoms with E-state index in [1.54, 1.807) is 6.33 Å². The van der Waals surface area contributed by atoms with Gasteiger partial charge in [0, 0.05) is 47.9 Å². The van der Waals surface area contributed by atoms with Gasteiger partial charge < -0.3 is 4.90 Å². The highest BCUT2D eigenvalue weighted by atomic mass is 15.3. The van der Waals surface area contributed by atoms with Crippen molar-refractivity contribution < 1.29 is 0 Å². The minimum Gasteiger partial charge on any atom is -0.371 e. The molecule has 0 N–H and O–H groups in total. The van der Waals surface area contributed by atoms with E-state index >= 15 is 0 Å². The van der Waals surface area contributed by atoms with Crippen LogP contribution >= 0.6 is 0 Å². The Morgan fingerprint density at radius 2 is 2.16 bits per heavy atom. The topological polar surface area (TPSA) is 59.2 Å². The maximum atomic E-state index is 4.45. The Morgan fingerprint density at radius 3 is 3.00 bits per heavy atom. The van der Waals surface area contributed by atoms with Gasteiger partial charge in [-0.25, -0.2) is 9.50 Å². The molecule has 0 bridgehead atoms. The van der Waals surface area contributed by atoms with Crippen molar-refractivity contribution in [1.29, 1.82) is 0 Å². The third kappa shape index (κ3) is 2.88. The van der Waals surface area contributed by atoms with Gasteiger partial charge in [0.25, 0.3) is 5.78 Å². The van der Waals surface area contributed by atoms with Crippen molar-refractivity contribution in [3.63, 3.8) is 0 Å². The molecule has 0 spiro atoms. The Hall–Kier alpha value is -2.76. The van der Waals surface area contributed by atoms with Gasteiger partial charge in [-0.2, -0.15) is 10.1 Å². The largest absolute Gasteiger partial charge is 0.371 e. The van der Waals surface area contributed by atoms with Gasteiger partial charge in [-0.3, -0.25) is 4.98 Å². The van der Waals surface area contributed by atoms with E-state index < -0.39 is 0 Å². The zero-order valence-corrected chi connectivity index (χ0v) is 14.7. The summed E-state index contributed by atoms with van der Waals surface area (Å²) in [7, 11) is 0. The molecule has 25 heavy (non-hydrogen) atoms. The second kappa shape index (κ2) is 6.27. The first-order valence-electron chi connectivity index (χ1n) is 8.66. The molecule has 0 aromatic carbocycles. The van der Waals surface area contributed by atoms with E-state index in [4.69, 9.17) is 0 Å². The lowest BCUT2D eigenvalue weighted by Crippen LogP contribution is -2.34. The number of nitrogens with zero attached hydrogens (tertiary/aromatic N) is 6. The van der Waals surface area contributed by atoms with Crippen molar-refractivity contribution in [2.75, 3.05) is 13.1 Å². The molecule has 6 heteroatoms. The third-order valence-corrected chi connectivity index (χ3v) is 4.95. The number of aryl methyl sites for hydroxylation is 2. The molecule has 0 amide bonds. The molecule has 0 radical (unpaired) electrons. The number of hydrogen-bond donors (Lipinski definition) is 0. The number of piperidine rings is 1. The molecule has 1 fully saturated rings. The molecule has 4 heterocycles. The predicted molar refractivity (Wildman–Crippen MR) is 97.1 cm³/mol. The lowest BCUT2D eigenvalue weighted by atomic mass is 9.93. The van der Waals surface area contributed by atoms with Crippen LogP contribution in [-0.2, 0) is 0 Å². The molecule has 0 saturated carbocycles. The van der Waals surface area contributed by atoms with Crippen molar-refractivity contribution in [3.8, 4) is 0 Å². The van der Waals surface area contributed by atoms with Crippen molar-refractivity contribution in [2.24, 2.45) is 0 Å². The zero-order valence-electron chi connectivity index (χ0n) is 14.7. The van der Waals surface area contributed by atoms with E-state index in [1.807, 2.05) is 30.6 Å².